The molecule has 0 aliphatic carbocycles. The van der Waals surface area contributed by atoms with Gasteiger partial charge in [0, 0.05) is 10.8 Å². The van der Waals surface area contributed by atoms with Crippen LogP contribution in [0.25, 0.3) is 0 Å². The molecule has 0 aliphatic rings. The van der Waals surface area contributed by atoms with Crippen molar-refractivity contribution in [2.45, 2.75) is 39.7 Å². The molecule has 0 saturated heterocycles. The summed E-state index contributed by atoms with van der Waals surface area (Å²) < 4.78 is 5.72. The van der Waals surface area contributed by atoms with Gasteiger partial charge in [-0.25, -0.2) is 4.98 Å². The van der Waals surface area contributed by atoms with Gasteiger partial charge >= 0.3 is 0 Å². The first-order valence-corrected chi connectivity index (χ1v) is 6.97. The van der Waals surface area contributed by atoms with Crippen LogP contribution in [0.2, 0.25) is 0 Å². The van der Waals surface area contributed by atoms with E-state index in [9.17, 15) is 0 Å². The van der Waals surface area contributed by atoms with Gasteiger partial charge in [-0.05, 0) is 19.1 Å². The largest absolute Gasteiger partial charge is 0.486 e. The zero-order valence-electron chi connectivity index (χ0n) is 11.4. The van der Waals surface area contributed by atoms with Crippen LogP contribution in [0.3, 0.4) is 0 Å². The van der Waals surface area contributed by atoms with E-state index in [1.165, 1.54) is 5.56 Å². The van der Waals surface area contributed by atoms with Crippen molar-refractivity contribution in [1.82, 2.24) is 4.98 Å². The average molecular weight is 261 g/mol. The van der Waals surface area contributed by atoms with E-state index in [2.05, 4.69) is 50.2 Å². The van der Waals surface area contributed by atoms with Crippen LogP contribution in [-0.2, 0) is 12.0 Å². The van der Waals surface area contributed by atoms with Crippen molar-refractivity contribution >= 4 is 11.3 Å². The van der Waals surface area contributed by atoms with E-state index in [4.69, 9.17) is 4.74 Å². The van der Waals surface area contributed by atoms with Crippen molar-refractivity contribution in [2.24, 2.45) is 0 Å². The first-order valence-electron chi connectivity index (χ1n) is 6.09. The predicted molar refractivity (Wildman–Crippen MR) is 76.3 cm³/mol. The summed E-state index contributed by atoms with van der Waals surface area (Å²) in [4.78, 5) is 4.61. The Balaban J connectivity index is 1.98. The van der Waals surface area contributed by atoms with Gasteiger partial charge in [0.25, 0.3) is 0 Å². The molecule has 0 spiro atoms. The van der Waals surface area contributed by atoms with Gasteiger partial charge in [0.1, 0.15) is 17.4 Å². The van der Waals surface area contributed by atoms with Crippen molar-refractivity contribution in [3.63, 3.8) is 0 Å². The molecule has 2 aromatic rings. The summed E-state index contributed by atoms with van der Waals surface area (Å²) in [6.07, 6.45) is 0. The third-order valence-corrected chi connectivity index (χ3v) is 3.53. The molecule has 96 valence electrons. The van der Waals surface area contributed by atoms with Crippen LogP contribution in [0.5, 0.6) is 5.75 Å². The third-order valence-electron chi connectivity index (χ3n) is 2.70. The summed E-state index contributed by atoms with van der Waals surface area (Å²) in [6.45, 7) is 9.13. The highest BCUT2D eigenvalue weighted by Gasteiger charge is 2.17. The summed E-state index contributed by atoms with van der Waals surface area (Å²) in [5.41, 5.74) is 2.49. The highest BCUT2D eigenvalue weighted by molar-refractivity contribution is 7.09. The summed E-state index contributed by atoms with van der Waals surface area (Å²) in [6, 6.07) is 8.09. The molecular formula is C15H19NOS. The number of hydrogen-bond acceptors (Lipinski definition) is 3. The number of benzene rings is 1. The van der Waals surface area contributed by atoms with Crippen molar-refractivity contribution in [3.8, 4) is 5.75 Å². The minimum absolute atomic E-state index is 0.110. The topological polar surface area (TPSA) is 22.1 Å². The highest BCUT2D eigenvalue weighted by atomic mass is 32.1. The van der Waals surface area contributed by atoms with Crippen molar-refractivity contribution in [2.75, 3.05) is 0 Å². The van der Waals surface area contributed by atoms with Crippen molar-refractivity contribution in [1.29, 1.82) is 0 Å². The fraction of sp³-hybridized carbons (Fsp3) is 0.400. The average Bonchev–Trinajstić information content (AvgIpc) is 2.77. The molecule has 0 unspecified atom stereocenters. The van der Waals surface area contributed by atoms with E-state index in [0.29, 0.717) is 6.61 Å². The van der Waals surface area contributed by atoms with Crippen molar-refractivity contribution in [3.05, 3.63) is 45.9 Å². The van der Waals surface area contributed by atoms with E-state index < -0.39 is 0 Å². The summed E-state index contributed by atoms with van der Waals surface area (Å²) in [5, 5.41) is 3.15. The van der Waals surface area contributed by atoms with Gasteiger partial charge in [0.05, 0.1) is 5.69 Å². The van der Waals surface area contributed by atoms with Crippen LogP contribution >= 0.6 is 11.3 Å². The lowest BCUT2D eigenvalue weighted by molar-refractivity contribution is 0.305. The standard InChI is InChI=1S/C15H19NOS/c1-11-5-7-12(8-6-11)17-9-14-16-13(10-18-14)15(2,3)4/h5-8,10H,9H2,1-4H3. The Hall–Kier alpha value is -1.35. The van der Waals surface area contributed by atoms with Gasteiger partial charge in [-0.1, -0.05) is 38.5 Å². The van der Waals surface area contributed by atoms with Crippen LogP contribution in [0.4, 0.5) is 0 Å². The number of thiazole rings is 1. The zero-order valence-corrected chi connectivity index (χ0v) is 12.2. The quantitative estimate of drug-likeness (QED) is 0.820. The predicted octanol–water partition coefficient (Wildman–Crippen LogP) is 4.33. The molecule has 18 heavy (non-hydrogen) atoms. The van der Waals surface area contributed by atoms with Gasteiger partial charge in [-0.3, -0.25) is 0 Å². The first kappa shape index (κ1) is 13.1. The molecule has 0 aliphatic heterocycles. The summed E-state index contributed by atoms with van der Waals surface area (Å²) in [7, 11) is 0. The molecule has 0 N–H and O–H groups in total. The lowest BCUT2D eigenvalue weighted by atomic mass is 9.93. The lowest BCUT2D eigenvalue weighted by Crippen LogP contribution is -2.11. The number of ether oxygens (including phenoxy) is 1. The highest BCUT2D eigenvalue weighted by Crippen LogP contribution is 2.24. The maximum atomic E-state index is 5.72. The Labute approximate surface area is 113 Å². The number of nitrogens with zero attached hydrogens (tertiary/aromatic N) is 1. The van der Waals surface area contributed by atoms with E-state index >= 15 is 0 Å². The Morgan fingerprint density at radius 3 is 2.39 bits per heavy atom. The zero-order chi connectivity index (χ0) is 13.2. The Morgan fingerprint density at radius 2 is 1.83 bits per heavy atom. The summed E-state index contributed by atoms with van der Waals surface area (Å²) >= 11 is 1.66. The normalized spacial score (nSPS) is 11.6. The third kappa shape index (κ3) is 3.33. The number of hydrogen-bond donors (Lipinski definition) is 0. The molecule has 0 saturated carbocycles. The second kappa shape index (κ2) is 5.11. The Kier molecular flexibility index (Phi) is 3.71. The minimum Gasteiger partial charge on any atom is -0.486 e. The lowest BCUT2D eigenvalue weighted by Gasteiger charge is -2.14. The maximum Gasteiger partial charge on any atom is 0.140 e. The van der Waals surface area contributed by atoms with Crippen LogP contribution in [0, 0.1) is 6.92 Å². The number of aryl methyl sites for hydroxylation is 1. The first-order chi connectivity index (χ1) is 8.45. The van der Waals surface area contributed by atoms with Crippen LogP contribution in [0.15, 0.2) is 29.6 Å². The molecule has 2 nitrogen and oxygen atoms in total. The SMILES string of the molecule is Cc1ccc(OCc2nc(C(C)(C)C)cs2)cc1. The van der Waals surface area contributed by atoms with E-state index in [1.807, 2.05) is 12.1 Å². The van der Waals surface area contributed by atoms with Crippen LogP contribution in [0.1, 0.15) is 37.0 Å². The molecule has 0 atom stereocenters. The van der Waals surface area contributed by atoms with Crippen LogP contribution in [-0.4, -0.2) is 4.98 Å². The van der Waals surface area contributed by atoms with Gasteiger partial charge in [0.15, 0.2) is 0 Å². The molecule has 0 radical (unpaired) electrons. The second-order valence-corrected chi connectivity index (χ2v) is 6.42. The monoisotopic (exact) mass is 261 g/mol. The Bertz CT molecular complexity index is 508. The van der Waals surface area contributed by atoms with Gasteiger partial charge in [-0.15, -0.1) is 11.3 Å². The molecule has 0 amide bonds. The molecular weight excluding hydrogens is 242 g/mol. The fourth-order valence-electron chi connectivity index (χ4n) is 1.50. The second-order valence-electron chi connectivity index (χ2n) is 5.48. The molecule has 1 aromatic carbocycles. The smallest absolute Gasteiger partial charge is 0.140 e. The minimum atomic E-state index is 0.110. The molecule has 2 rings (SSSR count). The molecule has 0 fully saturated rings. The van der Waals surface area contributed by atoms with Crippen molar-refractivity contribution < 1.29 is 4.74 Å². The summed E-state index contributed by atoms with van der Waals surface area (Å²) in [5.74, 6) is 0.896. The van der Waals surface area contributed by atoms with Gasteiger partial charge < -0.3 is 4.74 Å². The molecule has 0 bridgehead atoms. The van der Waals surface area contributed by atoms with E-state index in [-0.39, 0.29) is 5.41 Å². The maximum absolute atomic E-state index is 5.72. The van der Waals surface area contributed by atoms with Gasteiger partial charge in [0.2, 0.25) is 0 Å². The molecule has 3 heteroatoms. The van der Waals surface area contributed by atoms with E-state index in [1.54, 1.807) is 11.3 Å². The number of aromatic nitrogens is 1. The van der Waals surface area contributed by atoms with Crippen LogP contribution < -0.4 is 4.74 Å². The molecule has 1 heterocycles. The fourth-order valence-corrected chi connectivity index (χ4v) is 2.43. The molecule has 1 aromatic heterocycles. The van der Waals surface area contributed by atoms with Gasteiger partial charge in [-0.2, -0.15) is 0 Å². The Morgan fingerprint density at radius 1 is 1.17 bits per heavy atom. The number of rotatable bonds is 3. The van der Waals surface area contributed by atoms with E-state index in [0.717, 1.165) is 16.5 Å².